The third-order valence-electron chi connectivity index (χ3n) is 2.27. The molecule has 0 spiro atoms. The van der Waals surface area contributed by atoms with E-state index in [1.807, 2.05) is 0 Å². The van der Waals surface area contributed by atoms with Gasteiger partial charge in [-0.05, 0) is 12.5 Å². The summed E-state index contributed by atoms with van der Waals surface area (Å²) in [5.74, 6) is -0.994. The van der Waals surface area contributed by atoms with Crippen molar-refractivity contribution in [2.75, 3.05) is 13.6 Å². The molecule has 0 saturated carbocycles. The lowest BCUT2D eigenvalue weighted by molar-refractivity contribution is -0.137. The molecule has 1 aromatic rings. The zero-order valence-electron chi connectivity index (χ0n) is 9.38. The van der Waals surface area contributed by atoms with Crippen LogP contribution >= 0.6 is 0 Å². The number of aliphatic carboxylic acids is 1. The van der Waals surface area contributed by atoms with E-state index in [0.717, 1.165) is 0 Å². The summed E-state index contributed by atoms with van der Waals surface area (Å²) in [6, 6.07) is 1.63. The average Bonchev–Trinajstić information content (AvgIpc) is 2.62. The Morgan fingerprint density at radius 1 is 1.56 bits per heavy atom. The molecular weight excluding hydrogens is 210 g/mol. The number of rotatable bonds is 5. The first-order valence-corrected chi connectivity index (χ1v) is 4.97. The molecule has 1 aromatic heterocycles. The maximum Gasteiger partial charge on any atom is 0.303 e. The lowest BCUT2D eigenvalue weighted by Gasteiger charge is -2.16. The number of carboxylic acid groups (broad SMARTS) is 1. The van der Waals surface area contributed by atoms with E-state index in [2.05, 4.69) is 5.10 Å². The molecule has 16 heavy (non-hydrogen) atoms. The number of aryl methyl sites for hydroxylation is 1. The summed E-state index contributed by atoms with van der Waals surface area (Å²) in [5, 5.41) is 12.4. The van der Waals surface area contributed by atoms with Crippen molar-refractivity contribution in [2.45, 2.75) is 12.8 Å². The van der Waals surface area contributed by atoms with Crippen molar-refractivity contribution in [1.82, 2.24) is 14.7 Å². The van der Waals surface area contributed by atoms with Gasteiger partial charge in [0.1, 0.15) is 5.69 Å². The molecule has 0 unspecified atom stereocenters. The third kappa shape index (κ3) is 3.08. The van der Waals surface area contributed by atoms with Crippen LogP contribution in [0.3, 0.4) is 0 Å². The highest BCUT2D eigenvalue weighted by Crippen LogP contribution is 2.03. The Bertz CT molecular complexity index is 386. The highest BCUT2D eigenvalue weighted by atomic mass is 16.4. The zero-order chi connectivity index (χ0) is 12.1. The van der Waals surface area contributed by atoms with Gasteiger partial charge >= 0.3 is 5.97 Å². The fourth-order valence-electron chi connectivity index (χ4n) is 1.35. The molecule has 0 aliphatic carbocycles. The van der Waals surface area contributed by atoms with Crippen molar-refractivity contribution in [3.63, 3.8) is 0 Å². The molecule has 0 aromatic carbocycles. The number of carbonyl (C=O) groups is 2. The maximum absolute atomic E-state index is 11.8. The number of carboxylic acids is 1. The summed E-state index contributed by atoms with van der Waals surface area (Å²) >= 11 is 0. The molecule has 1 rings (SSSR count). The van der Waals surface area contributed by atoms with Gasteiger partial charge in [-0.3, -0.25) is 14.3 Å². The van der Waals surface area contributed by atoms with E-state index in [9.17, 15) is 9.59 Å². The van der Waals surface area contributed by atoms with Gasteiger partial charge in [0.25, 0.3) is 5.91 Å². The van der Waals surface area contributed by atoms with Gasteiger partial charge in [-0.2, -0.15) is 5.10 Å². The highest BCUT2D eigenvalue weighted by Gasteiger charge is 2.14. The Morgan fingerprint density at radius 2 is 2.25 bits per heavy atom. The Morgan fingerprint density at radius 3 is 2.75 bits per heavy atom. The summed E-state index contributed by atoms with van der Waals surface area (Å²) in [7, 11) is 3.34. The quantitative estimate of drug-likeness (QED) is 0.784. The number of hydrogen-bond donors (Lipinski definition) is 1. The second-order valence-corrected chi connectivity index (χ2v) is 3.56. The van der Waals surface area contributed by atoms with Crippen molar-refractivity contribution in [1.29, 1.82) is 0 Å². The predicted molar refractivity (Wildman–Crippen MR) is 57.0 cm³/mol. The lowest BCUT2D eigenvalue weighted by atomic mass is 10.3. The smallest absolute Gasteiger partial charge is 0.303 e. The average molecular weight is 225 g/mol. The van der Waals surface area contributed by atoms with E-state index in [4.69, 9.17) is 5.11 Å². The third-order valence-corrected chi connectivity index (χ3v) is 2.27. The summed E-state index contributed by atoms with van der Waals surface area (Å²) in [6.07, 6.45) is 2.08. The first-order valence-electron chi connectivity index (χ1n) is 4.97. The largest absolute Gasteiger partial charge is 0.481 e. The first kappa shape index (κ1) is 12.2. The van der Waals surface area contributed by atoms with Gasteiger partial charge in [-0.15, -0.1) is 0 Å². The van der Waals surface area contributed by atoms with Gasteiger partial charge in [-0.25, -0.2) is 0 Å². The van der Waals surface area contributed by atoms with Crippen molar-refractivity contribution in [2.24, 2.45) is 7.05 Å². The van der Waals surface area contributed by atoms with Gasteiger partial charge in [0.15, 0.2) is 0 Å². The van der Waals surface area contributed by atoms with Crippen LogP contribution in [0, 0.1) is 0 Å². The maximum atomic E-state index is 11.8. The van der Waals surface area contributed by atoms with E-state index in [1.165, 1.54) is 9.58 Å². The molecule has 88 valence electrons. The first-order chi connectivity index (χ1) is 7.52. The molecule has 1 amide bonds. The molecule has 0 saturated heterocycles. The Kier molecular flexibility index (Phi) is 4.04. The van der Waals surface area contributed by atoms with Crippen LogP contribution in [0.4, 0.5) is 0 Å². The van der Waals surface area contributed by atoms with Crippen LogP contribution in [0.1, 0.15) is 23.3 Å². The summed E-state index contributed by atoms with van der Waals surface area (Å²) < 4.78 is 1.50. The van der Waals surface area contributed by atoms with Crippen LogP contribution in [0.5, 0.6) is 0 Å². The van der Waals surface area contributed by atoms with Gasteiger partial charge in [0.05, 0.1) is 0 Å². The van der Waals surface area contributed by atoms with Crippen LogP contribution in [-0.2, 0) is 11.8 Å². The van der Waals surface area contributed by atoms with Crippen molar-refractivity contribution < 1.29 is 14.7 Å². The topological polar surface area (TPSA) is 75.4 Å². The molecule has 1 heterocycles. The Balaban J connectivity index is 2.49. The molecule has 0 bridgehead atoms. The van der Waals surface area contributed by atoms with Gasteiger partial charge in [0, 0.05) is 33.3 Å². The Labute approximate surface area is 93.5 Å². The second-order valence-electron chi connectivity index (χ2n) is 3.56. The minimum atomic E-state index is -0.846. The fourth-order valence-corrected chi connectivity index (χ4v) is 1.35. The number of aromatic nitrogens is 2. The number of nitrogens with zero attached hydrogens (tertiary/aromatic N) is 3. The van der Waals surface area contributed by atoms with E-state index < -0.39 is 5.97 Å². The predicted octanol–water partition coefficient (Wildman–Crippen LogP) is 0.357. The monoisotopic (exact) mass is 225 g/mol. The van der Waals surface area contributed by atoms with Crippen LogP contribution in [0.25, 0.3) is 0 Å². The molecule has 0 atom stereocenters. The molecule has 6 heteroatoms. The standard InChI is InChI=1S/C10H15N3O3/c1-12(7-3-4-9(14)15)10(16)8-5-6-11-13(8)2/h5-6H,3-4,7H2,1-2H3,(H,14,15). The molecule has 6 nitrogen and oxygen atoms in total. The Hall–Kier alpha value is -1.85. The zero-order valence-corrected chi connectivity index (χ0v) is 9.38. The minimum Gasteiger partial charge on any atom is -0.481 e. The highest BCUT2D eigenvalue weighted by molar-refractivity contribution is 5.92. The van der Waals surface area contributed by atoms with Gasteiger partial charge in [0.2, 0.25) is 0 Å². The van der Waals surface area contributed by atoms with E-state index in [-0.39, 0.29) is 12.3 Å². The normalized spacial score (nSPS) is 10.1. The lowest BCUT2D eigenvalue weighted by Crippen LogP contribution is -2.29. The molecule has 0 aliphatic heterocycles. The SMILES string of the molecule is CN(CCCC(=O)O)C(=O)c1ccnn1C. The number of carbonyl (C=O) groups excluding carboxylic acids is 1. The van der Waals surface area contributed by atoms with E-state index >= 15 is 0 Å². The van der Waals surface area contributed by atoms with Gasteiger partial charge in [-0.1, -0.05) is 0 Å². The van der Waals surface area contributed by atoms with Crippen LogP contribution < -0.4 is 0 Å². The second kappa shape index (κ2) is 5.29. The van der Waals surface area contributed by atoms with E-state index in [0.29, 0.717) is 18.7 Å². The summed E-state index contributed by atoms with van der Waals surface area (Å²) in [6.45, 7) is 0.427. The van der Waals surface area contributed by atoms with Crippen LogP contribution in [-0.4, -0.2) is 45.3 Å². The molecule has 0 aliphatic rings. The molecule has 0 fully saturated rings. The van der Waals surface area contributed by atoms with Crippen molar-refractivity contribution >= 4 is 11.9 Å². The van der Waals surface area contributed by atoms with Crippen LogP contribution in [0.15, 0.2) is 12.3 Å². The molecule has 0 radical (unpaired) electrons. The molecule has 1 N–H and O–H groups in total. The van der Waals surface area contributed by atoms with Crippen molar-refractivity contribution in [3.8, 4) is 0 Å². The minimum absolute atomic E-state index is 0.0724. The van der Waals surface area contributed by atoms with Crippen LogP contribution in [0.2, 0.25) is 0 Å². The number of amides is 1. The molecular formula is C10H15N3O3. The summed E-state index contributed by atoms with van der Waals surface area (Å²) in [5.41, 5.74) is 0.498. The van der Waals surface area contributed by atoms with Gasteiger partial charge < -0.3 is 10.0 Å². The number of hydrogen-bond acceptors (Lipinski definition) is 3. The summed E-state index contributed by atoms with van der Waals surface area (Å²) in [4.78, 5) is 23.6. The van der Waals surface area contributed by atoms with E-state index in [1.54, 1.807) is 26.4 Å². The fraction of sp³-hybridized carbons (Fsp3) is 0.500. The van der Waals surface area contributed by atoms with Crippen molar-refractivity contribution in [3.05, 3.63) is 18.0 Å².